The Morgan fingerprint density at radius 1 is 1.50 bits per heavy atom. The lowest BCUT2D eigenvalue weighted by Crippen LogP contribution is -2.17. The second kappa shape index (κ2) is 4.26. The van der Waals surface area contributed by atoms with Crippen LogP contribution < -0.4 is 5.73 Å². The van der Waals surface area contributed by atoms with E-state index in [-0.39, 0.29) is 6.61 Å². The van der Waals surface area contributed by atoms with Crippen LogP contribution in [0.2, 0.25) is 0 Å². The zero-order valence-electron chi connectivity index (χ0n) is 10.5. The summed E-state index contributed by atoms with van der Waals surface area (Å²) in [5.41, 5.74) is 8.42. The number of aromatic nitrogens is 2. The van der Waals surface area contributed by atoms with Crippen molar-refractivity contribution in [2.24, 2.45) is 0 Å². The first-order valence-electron chi connectivity index (χ1n) is 6.25. The first-order chi connectivity index (χ1) is 8.69. The van der Waals surface area contributed by atoms with Gasteiger partial charge in [0.05, 0.1) is 11.0 Å². The summed E-state index contributed by atoms with van der Waals surface area (Å²) in [7, 11) is 2.12. The third-order valence-corrected chi connectivity index (χ3v) is 3.66. The second-order valence-corrected chi connectivity index (χ2v) is 5.01. The lowest BCUT2D eigenvalue weighted by atomic mass is 10.2. The molecule has 18 heavy (non-hydrogen) atoms. The molecule has 0 radical (unpaired) electrons. The number of hydrogen-bond acceptors (Lipinski definition) is 4. The first-order valence-corrected chi connectivity index (χ1v) is 6.25. The van der Waals surface area contributed by atoms with Crippen LogP contribution in [0.15, 0.2) is 18.2 Å². The fourth-order valence-electron chi connectivity index (χ4n) is 2.81. The number of rotatable bonds is 2. The van der Waals surface area contributed by atoms with E-state index in [0.29, 0.717) is 11.7 Å². The summed E-state index contributed by atoms with van der Waals surface area (Å²) in [6.07, 6.45) is 1.10. The molecular weight excluding hydrogens is 228 g/mol. The van der Waals surface area contributed by atoms with Crippen LogP contribution in [0.1, 0.15) is 18.3 Å². The van der Waals surface area contributed by atoms with E-state index in [1.165, 1.54) is 0 Å². The van der Waals surface area contributed by atoms with Gasteiger partial charge in [-0.15, -0.1) is 0 Å². The highest BCUT2D eigenvalue weighted by molar-refractivity contribution is 5.79. The van der Waals surface area contributed by atoms with Gasteiger partial charge in [-0.1, -0.05) is 0 Å². The van der Waals surface area contributed by atoms with Crippen LogP contribution in [0.4, 0.5) is 5.69 Å². The maximum Gasteiger partial charge on any atom is 0.136 e. The van der Waals surface area contributed by atoms with Gasteiger partial charge in [0.25, 0.3) is 0 Å². The van der Waals surface area contributed by atoms with Crippen LogP contribution in [0, 0.1) is 0 Å². The van der Waals surface area contributed by atoms with Crippen LogP contribution in [-0.4, -0.2) is 39.7 Å². The Kier molecular flexibility index (Phi) is 2.72. The lowest BCUT2D eigenvalue weighted by Gasteiger charge is -2.16. The molecule has 1 aliphatic rings. The summed E-state index contributed by atoms with van der Waals surface area (Å²) in [5, 5.41) is 9.49. The minimum atomic E-state index is -0.0329. The minimum absolute atomic E-state index is 0.0329. The van der Waals surface area contributed by atoms with Crippen molar-refractivity contribution >= 4 is 16.7 Å². The molecule has 1 atom stereocenters. The van der Waals surface area contributed by atoms with Crippen molar-refractivity contribution in [3.05, 3.63) is 24.0 Å². The molecule has 0 bridgehead atoms. The van der Waals surface area contributed by atoms with Crippen LogP contribution in [-0.2, 0) is 6.61 Å². The number of nitrogens with zero attached hydrogens (tertiary/aromatic N) is 3. The number of fused-ring (bicyclic) bond motifs is 1. The monoisotopic (exact) mass is 246 g/mol. The molecule has 1 aromatic heterocycles. The molecule has 0 spiro atoms. The van der Waals surface area contributed by atoms with Gasteiger partial charge in [0.15, 0.2) is 0 Å². The van der Waals surface area contributed by atoms with Crippen LogP contribution in [0.3, 0.4) is 0 Å². The molecule has 1 aliphatic heterocycles. The summed E-state index contributed by atoms with van der Waals surface area (Å²) in [4.78, 5) is 6.78. The number of imidazole rings is 1. The fraction of sp³-hybridized carbons (Fsp3) is 0.462. The summed E-state index contributed by atoms with van der Waals surface area (Å²) < 4.78 is 2.16. The molecule has 1 saturated heterocycles. The quantitative estimate of drug-likeness (QED) is 0.775. The third kappa shape index (κ3) is 1.76. The largest absolute Gasteiger partial charge is 0.399 e. The fourth-order valence-corrected chi connectivity index (χ4v) is 2.81. The van der Waals surface area contributed by atoms with Gasteiger partial charge < -0.3 is 20.3 Å². The Morgan fingerprint density at radius 3 is 3.00 bits per heavy atom. The molecule has 5 heteroatoms. The number of nitrogens with two attached hydrogens (primary N) is 1. The predicted molar refractivity (Wildman–Crippen MR) is 71.2 cm³/mol. The van der Waals surface area contributed by atoms with Gasteiger partial charge in [0.1, 0.15) is 12.4 Å². The molecule has 3 rings (SSSR count). The molecule has 1 fully saturated rings. The number of anilines is 1. The highest BCUT2D eigenvalue weighted by atomic mass is 16.3. The standard InChI is InChI=1S/C13H18N4O/c1-16-5-4-10(7-16)17-12-3-2-9(14)6-11(12)15-13(17)8-18/h2-3,6,10,18H,4-5,7-8,14H2,1H3. The zero-order valence-corrected chi connectivity index (χ0v) is 10.5. The Hall–Kier alpha value is -1.59. The van der Waals surface area contributed by atoms with Gasteiger partial charge >= 0.3 is 0 Å². The van der Waals surface area contributed by atoms with Gasteiger partial charge in [0.2, 0.25) is 0 Å². The van der Waals surface area contributed by atoms with Crippen molar-refractivity contribution in [3.63, 3.8) is 0 Å². The molecule has 3 N–H and O–H groups in total. The molecule has 5 nitrogen and oxygen atoms in total. The van der Waals surface area contributed by atoms with Gasteiger partial charge in [-0.25, -0.2) is 4.98 Å². The van der Waals surface area contributed by atoms with Crippen molar-refractivity contribution in [2.45, 2.75) is 19.1 Å². The molecule has 1 unspecified atom stereocenters. The van der Waals surface area contributed by atoms with Crippen molar-refractivity contribution in [2.75, 3.05) is 25.9 Å². The normalized spacial score (nSPS) is 20.9. The van der Waals surface area contributed by atoms with E-state index in [0.717, 1.165) is 36.4 Å². The maximum absolute atomic E-state index is 9.49. The molecule has 1 aromatic carbocycles. The minimum Gasteiger partial charge on any atom is -0.399 e. The van der Waals surface area contributed by atoms with E-state index in [1.807, 2.05) is 18.2 Å². The average molecular weight is 246 g/mol. The van der Waals surface area contributed by atoms with Crippen molar-refractivity contribution in [1.82, 2.24) is 14.5 Å². The molecule has 96 valence electrons. The zero-order chi connectivity index (χ0) is 12.7. The third-order valence-electron chi connectivity index (χ3n) is 3.66. The Bertz CT molecular complexity index is 578. The van der Waals surface area contributed by atoms with Gasteiger partial charge in [-0.05, 0) is 38.2 Å². The van der Waals surface area contributed by atoms with E-state index >= 15 is 0 Å². The summed E-state index contributed by atoms with van der Waals surface area (Å²) in [6.45, 7) is 2.06. The van der Waals surface area contributed by atoms with Crippen LogP contribution in [0.5, 0.6) is 0 Å². The number of benzene rings is 1. The van der Waals surface area contributed by atoms with Crippen molar-refractivity contribution in [1.29, 1.82) is 0 Å². The van der Waals surface area contributed by atoms with Crippen LogP contribution >= 0.6 is 0 Å². The number of nitrogen functional groups attached to an aromatic ring is 1. The number of aliphatic hydroxyl groups excluding tert-OH is 1. The summed E-state index contributed by atoms with van der Waals surface area (Å²) >= 11 is 0. The van der Waals surface area contributed by atoms with E-state index in [2.05, 4.69) is 21.5 Å². The molecule has 2 aromatic rings. The molecular formula is C13H18N4O. The average Bonchev–Trinajstić information content (AvgIpc) is 2.91. The number of hydrogen-bond donors (Lipinski definition) is 2. The highest BCUT2D eigenvalue weighted by Gasteiger charge is 2.25. The predicted octanol–water partition coefficient (Wildman–Crippen LogP) is 0.987. The smallest absolute Gasteiger partial charge is 0.136 e. The Balaban J connectivity index is 2.13. The molecule has 0 amide bonds. The number of likely N-dealkylation sites (N-methyl/N-ethyl adjacent to an activating group) is 1. The van der Waals surface area contributed by atoms with Crippen molar-refractivity contribution in [3.8, 4) is 0 Å². The van der Waals surface area contributed by atoms with E-state index < -0.39 is 0 Å². The van der Waals surface area contributed by atoms with Gasteiger partial charge in [-0.2, -0.15) is 0 Å². The second-order valence-electron chi connectivity index (χ2n) is 5.01. The van der Waals surface area contributed by atoms with Crippen LogP contribution in [0.25, 0.3) is 11.0 Å². The molecule has 0 saturated carbocycles. The van der Waals surface area contributed by atoms with Gasteiger partial charge in [-0.3, -0.25) is 0 Å². The van der Waals surface area contributed by atoms with Gasteiger partial charge in [0, 0.05) is 18.3 Å². The summed E-state index contributed by atoms with van der Waals surface area (Å²) in [5.74, 6) is 0.732. The first kappa shape index (κ1) is 11.5. The van der Waals surface area contributed by atoms with E-state index in [4.69, 9.17) is 5.73 Å². The SMILES string of the molecule is CN1CCC(n2c(CO)nc3cc(N)ccc32)C1. The topological polar surface area (TPSA) is 67.3 Å². The maximum atomic E-state index is 9.49. The number of likely N-dealkylation sites (tertiary alicyclic amines) is 1. The molecule has 2 heterocycles. The molecule has 0 aliphatic carbocycles. The summed E-state index contributed by atoms with van der Waals surface area (Å²) in [6, 6.07) is 6.14. The lowest BCUT2D eigenvalue weighted by molar-refractivity contribution is 0.261. The Labute approximate surface area is 106 Å². The Morgan fingerprint density at radius 2 is 2.33 bits per heavy atom. The van der Waals surface area contributed by atoms with E-state index in [9.17, 15) is 5.11 Å². The van der Waals surface area contributed by atoms with Crippen molar-refractivity contribution < 1.29 is 5.11 Å². The number of aliphatic hydroxyl groups is 1. The van der Waals surface area contributed by atoms with E-state index in [1.54, 1.807) is 0 Å². The highest BCUT2D eigenvalue weighted by Crippen LogP contribution is 2.28.